The van der Waals surface area contributed by atoms with Crippen molar-refractivity contribution in [3.63, 3.8) is 0 Å². The van der Waals surface area contributed by atoms with Crippen LogP contribution in [0.3, 0.4) is 0 Å². The van der Waals surface area contributed by atoms with E-state index in [0.29, 0.717) is 24.9 Å². The van der Waals surface area contributed by atoms with Crippen LogP contribution in [0.1, 0.15) is 15.9 Å². The van der Waals surface area contributed by atoms with E-state index >= 15 is 0 Å². The summed E-state index contributed by atoms with van der Waals surface area (Å²) in [5.41, 5.74) is -0.332. The first-order valence-electron chi connectivity index (χ1n) is 6.92. The molecule has 6 nitrogen and oxygen atoms in total. The van der Waals surface area contributed by atoms with Crippen molar-refractivity contribution < 1.29 is 14.1 Å². The number of nitrogens with one attached hydrogen (secondary N) is 1. The van der Waals surface area contributed by atoms with Crippen LogP contribution in [0.2, 0.25) is 0 Å². The lowest BCUT2D eigenvalue weighted by Gasteiger charge is -2.18. The number of carbonyl (C=O) groups excluding carboxylic acids is 1. The molecule has 0 aliphatic carbocycles. The number of non-ortho nitro benzene ring substituents is 1. The third kappa shape index (κ3) is 2.37. The molecule has 21 heavy (non-hydrogen) atoms. The molecule has 2 saturated heterocycles. The van der Waals surface area contributed by atoms with Crippen LogP contribution in [-0.4, -0.2) is 41.9 Å². The van der Waals surface area contributed by atoms with Gasteiger partial charge in [-0.3, -0.25) is 14.9 Å². The van der Waals surface area contributed by atoms with Crippen LogP contribution in [0.25, 0.3) is 0 Å². The number of fused-ring (bicyclic) bond motifs is 1. The van der Waals surface area contributed by atoms with E-state index in [1.54, 1.807) is 4.90 Å². The lowest BCUT2D eigenvalue weighted by molar-refractivity contribution is -0.385. The Hall–Kier alpha value is -2.02. The van der Waals surface area contributed by atoms with E-state index in [4.69, 9.17) is 0 Å². The molecule has 0 spiro atoms. The summed E-state index contributed by atoms with van der Waals surface area (Å²) in [5, 5.41) is 14.1. The second kappa shape index (κ2) is 5.07. The predicted molar refractivity (Wildman–Crippen MR) is 73.5 cm³/mol. The smallest absolute Gasteiger partial charge is 0.270 e. The van der Waals surface area contributed by atoms with Crippen LogP contribution in [0, 0.1) is 34.7 Å². The summed E-state index contributed by atoms with van der Waals surface area (Å²) in [4.78, 5) is 24.3. The number of nitro benzene ring substituents is 1. The molecular formula is C14H16FN3O3. The maximum Gasteiger partial charge on any atom is 0.270 e. The number of aryl methyl sites for hydroxylation is 1. The maximum atomic E-state index is 14.2. The molecule has 7 heteroatoms. The highest BCUT2D eigenvalue weighted by Gasteiger charge is 2.39. The molecule has 0 radical (unpaired) electrons. The number of rotatable bonds is 2. The van der Waals surface area contributed by atoms with Crippen LogP contribution in [0.4, 0.5) is 10.1 Å². The molecule has 2 heterocycles. The van der Waals surface area contributed by atoms with Crippen molar-refractivity contribution in [2.24, 2.45) is 11.8 Å². The Kier molecular flexibility index (Phi) is 3.36. The minimum absolute atomic E-state index is 0.119. The zero-order valence-corrected chi connectivity index (χ0v) is 11.6. The van der Waals surface area contributed by atoms with Gasteiger partial charge in [0.2, 0.25) is 0 Å². The Morgan fingerprint density at radius 3 is 2.57 bits per heavy atom. The highest BCUT2D eigenvalue weighted by molar-refractivity contribution is 5.95. The zero-order valence-electron chi connectivity index (χ0n) is 11.6. The van der Waals surface area contributed by atoms with Gasteiger partial charge in [0.05, 0.1) is 10.5 Å². The summed E-state index contributed by atoms with van der Waals surface area (Å²) >= 11 is 0. The fourth-order valence-corrected chi connectivity index (χ4v) is 3.20. The van der Waals surface area contributed by atoms with Crippen molar-refractivity contribution in [1.29, 1.82) is 0 Å². The molecule has 1 aromatic rings. The minimum Gasteiger partial charge on any atom is -0.338 e. The van der Waals surface area contributed by atoms with Crippen LogP contribution in [0.15, 0.2) is 12.1 Å². The van der Waals surface area contributed by atoms with Crippen LogP contribution in [-0.2, 0) is 0 Å². The largest absolute Gasteiger partial charge is 0.338 e. The van der Waals surface area contributed by atoms with Crippen molar-refractivity contribution in [2.45, 2.75) is 6.92 Å². The molecule has 0 unspecified atom stereocenters. The lowest BCUT2D eigenvalue weighted by atomic mass is 10.0. The fourth-order valence-electron chi connectivity index (χ4n) is 3.20. The summed E-state index contributed by atoms with van der Waals surface area (Å²) in [7, 11) is 0. The number of hydrogen-bond acceptors (Lipinski definition) is 4. The fraction of sp³-hybridized carbons (Fsp3) is 0.500. The molecule has 0 aromatic heterocycles. The lowest BCUT2D eigenvalue weighted by Crippen LogP contribution is -2.32. The van der Waals surface area contributed by atoms with Crippen molar-refractivity contribution in [3.05, 3.63) is 39.2 Å². The molecule has 0 bridgehead atoms. The number of nitro groups is 1. The molecule has 1 amide bonds. The van der Waals surface area contributed by atoms with Crippen LogP contribution >= 0.6 is 0 Å². The third-order valence-electron chi connectivity index (χ3n) is 4.36. The van der Waals surface area contributed by atoms with Gasteiger partial charge in [-0.1, -0.05) is 0 Å². The summed E-state index contributed by atoms with van der Waals surface area (Å²) in [6.45, 7) is 4.33. The molecule has 2 fully saturated rings. The number of nitrogens with zero attached hydrogens (tertiary/aromatic N) is 2. The van der Waals surface area contributed by atoms with Gasteiger partial charge in [-0.15, -0.1) is 0 Å². The van der Waals surface area contributed by atoms with Gasteiger partial charge in [-0.05, 0) is 24.3 Å². The third-order valence-corrected chi connectivity index (χ3v) is 4.36. The highest BCUT2D eigenvalue weighted by atomic mass is 19.1. The molecule has 2 aliphatic heterocycles. The molecule has 1 N–H and O–H groups in total. The predicted octanol–water partition coefficient (Wildman–Crippen LogP) is 1.33. The first-order chi connectivity index (χ1) is 9.97. The van der Waals surface area contributed by atoms with Gasteiger partial charge in [0.1, 0.15) is 5.82 Å². The average molecular weight is 293 g/mol. The standard InChI is InChI=1S/C14H16FN3O3/c1-8-2-11(18(20)21)3-12(13(8)15)14(19)17-6-9-4-16-5-10(9)7-17/h2-3,9-10,16H,4-7H2,1H3/t9-,10+. The van der Waals surface area contributed by atoms with E-state index in [-0.39, 0.29) is 16.8 Å². The normalized spacial score (nSPS) is 24.2. The van der Waals surface area contributed by atoms with Crippen molar-refractivity contribution in [3.8, 4) is 0 Å². The van der Waals surface area contributed by atoms with Crippen LogP contribution in [0.5, 0.6) is 0 Å². The molecule has 3 rings (SSSR count). The Balaban J connectivity index is 1.89. The van der Waals surface area contributed by atoms with Crippen molar-refractivity contribution >= 4 is 11.6 Å². The molecule has 112 valence electrons. The van der Waals surface area contributed by atoms with Crippen molar-refractivity contribution in [1.82, 2.24) is 10.2 Å². The average Bonchev–Trinajstić information content (AvgIpc) is 3.01. The molecular weight excluding hydrogens is 277 g/mol. The van der Waals surface area contributed by atoms with E-state index < -0.39 is 16.6 Å². The van der Waals surface area contributed by atoms with E-state index in [1.807, 2.05) is 0 Å². The Morgan fingerprint density at radius 2 is 2.00 bits per heavy atom. The first-order valence-corrected chi connectivity index (χ1v) is 6.92. The zero-order chi connectivity index (χ0) is 15.1. The minimum atomic E-state index is -0.666. The van der Waals surface area contributed by atoms with Gasteiger partial charge in [0, 0.05) is 38.3 Å². The van der Waals surface area contributed by atoms with Gasteiger partial charge >= 0.3 is 0 Å². The Bertz CT molecular complexity index is 608. The van der Waals surface area contributed by atoms with E-state index in [9.17, 15) is 19.3 Å². The summed E-state index contributed by atoms with van der Waals surface area (Å²) in [6, 6.07) is 2.19. The summed E-state index contributed by atoms with van der Waals surface area (Å²) in [5.74, 6) is -0.317. The first kappa shape index (κ1) is 13.9. The number of amides is 1. The Morgan fingerprint density at radius 1 is 1.38 bits per heavy atom. The highest BCUT2D eigenvalue weighted by Crippen LogP contribution is 2.29. The van der Waals surface area contributed by atoms with Crippen LogP contribution < -0.4 is 5.32 Å². The summed E-state index contributed by atoms with van der Waals surface area (Å²) < 4.78 is 14.2. The maximum absolute atomic E-state index is 14.2. The number of benzene rings is 1. The van der Waals surface area contributed by atoms with Crippen molar-refractivity contribution in [2.75, 3.05) is 26.2 Å². The molecule has 1 aromatic carbocycles. The van der Waals surface area contributed by atoms with Gasteiger partial charge in [-0.2, -0.15) is 0 Å². The SMILES string of the molecule is Cc1cc([N+](=O)[O-])cc(C(=O)N2C[C@H]3CNC[C@H]3C2)c1F. The molecule has 0 saturated carbocycles. The number of hydrogen-bond donors (Lipinski definition) is 1. The monoisotopic (exact) mass is 293 g/mol. The van der Waals surface area contributed by atoms with Gasteiger partial charge < -0.3 is 10.2 Å². The van der Waals surface area contributed by atoms with E-state index in [0.717, 1.165) is 25.2 Å². The number of likely N-dealkylation sites (tertiary alicyclic amines) is 1. The number of carbonyl (C=O) groups is 1. The van der Waals surface area contributed by atoms with Gasteiger partial charge in [0.15, 0.2) is 0 Å². The second-order valence-corrected chi connectivity index (χ2v) is 5.77. The molecule has 2 aliphatic rings. The van der Waals surface area contributed by atoms with E-state index in [1.165, 1.54) is 6.92 Å². The molecule has 2 atom stereocenters. The van der Waals surface area contributed by atoms with E-state index in [2.05, 4.69) is 5.32 Å². The number of halogens is 1. The summed E-state index contributed by atoms with van der Waals surface area (Å²) in [6.07, 6.45) is 0. The van der Waals surface area contributed by atoms with Gasteiger partial charge in [-0.25, -0.2) is 4.39 Å². The topological polar surface area (TPSA) is 75.5 Å². The van der Waals surface area contributed by atoms with Gasteiger partial charge in [0.25, 0.3) is 11.6 Å². The Labute approximate surface area is 121 Å². The second-order valence-electron chi connectivity index (χ2n) is 5.77. The quantitative estimate of drug-likeness (QED) is 0.659.